The summed E-state index contributed by atoms with van der Waals surface area (Å²) in [6.45, 7) is 1.38. The Bertz CT molecular complexity index is 1450. The molecule has 7 heteroatoms. The first-order valence-electron chi connectivity index (χ1n) is 12.4. The molecule has 0 aliphatic carbocycles. The number of rotatable bonds is 7. The maximum absolute atomic E-state index is 12.6. The molecule has 182 valence electrons. The first-order valence-corrected chi connectivity index (χ1v) is 12.4. The Morgan fingerprint density at radius 1 is 1.14 bits per heavy atom. The van der Waals surface area contributed by atoms with Crippen LogP contribution in [0.2, 0.25) is 0 Å². The van der Waals surface area contributed by atoms with Gasteiger partial charge in [-0.25, -0.2) is 0 Å². The molecule has 2 aromatic heterocycles. The molecule has 0 bridgehead atoms. The van der Waals surface area contributed by atoms with E-state index in [1.165, 1.54) is 10.9 Å². The first-order chi connectivity index (χ1) is 17.6. The van der Waals surface area contributed by atoms with Gasteiger partial charge in [0.25, 0.3) is 5.91 Å². The number of fused-ring (bicyclic) bond motifs is 2. The van der Waals surface area contributed by atoms with Gasteiger partial charge >= 0.3 is 0 Å². The van der Waals surface area contributed by atoms with Gasteiger partial charge in [0.2, 0.25) is 0 Å². The first kappa shape index (κ1) is 22.5. The van der Waals surface area contributed by atoms with Crippen LogP contribution in [0.1, 0.15) is 24.0 Å². The van der Waals surface area contributed by atoms with Crippen LogP contribution in [0.25, 0.3) is 27.6 Å². The minimum Gasteiger partial charge on any atom is -0.490 e. The number of para-hydroxylation sites is 1. The van der Waals surface area contributed by atoms with Crippen molar-refractivity contribution in [2.75, 3.05) is 18.5 Å². The Balaban J connectivity index is 1.16. The van der Waals surface area contributed by atoms with Crippen molar-refractivity contribution in [2.24, 2.45) is 5.73 Å². The van der Waals surface area contributed by atoms with Crippen LogP contribution < -0.4 is 21.1 Å². The van der Waals surface area contributed by atoms with Crippen molar-refractivity contribution in [1.82, 2.24) is 15.3 Å². The number of benzene rings is 2. The highest BCUT2D eigenvalue weighted by atomic mass is 16.5. The van der Waals surface area contributed by atoms with Gasteiger partial charge in [0.15, 0.2) is 0 Å². The lowest BCUT2D eigenvalue weighted by Crippen LogP contribution is -2.30. The second kappa shape index (κ2) is 9.60. The van der Waals surface area contributed by atoms with Crippen LogP contribution in [0.5, 0.6) is 5.75 Å². The number of pyridine rings is 1. The van der Waals surface area contributed by atoms with Crippen LogP contribution in [-0.2, 0) is 11.2 Å². The second-order valence-corrected chi connectivity index (χ2v) is 9.54. The molecule has 5 N–H and O–H groups in total. The monoisotopic (exact) mass is 479 g/mol. The van der Waals surface area contributed by atoms with Crippen LogP contribution in [0.15, 0.2) is 73.2 Å². The third-order valence-corrected chi connectivity index (χ3v) is 6.94. The predicted molar refractivity (Wildman–Crippen MR) is 143 cm³/mol. The molecule has 0 saturated carbocycles. The van der Waals surface area contributed by atoms with Crippen molar-refractivity contribution in [3.63, 3.8) is 0 Å². The standard InChI is InChI=1S/C29H29N5O2/c30-21(10-20-15-33-27-6-2-1-5-24(20)27)17-36-23-11-19(14-31-16-23)18-7-8-28-25(12-18)26(29(35)34-28)13-22-4-3-9-32-22/h1-2,5-8,11-16,21-22,32-33H,3-4,9-10,17,30H2,(H,34,35)/t21-,22?/m1/s1. The summed E-state index contributed by atoms with van der Waals surface area (Å²) >= 11 is 0. The normalized spacial score (nSPS) is 19.0. The lowest BCUT2D eigenvalue weighted by Gasteiger charge is -2.14. The van der Waals surface area contributed by atoms with E-state index in [0.29, 0.717) is 18.8 Å². The number of hydrogen-bond donors (Lipinski definition) is 4. The molecule has 6 rings (SSSR count). The lowest BCUT2D eigenvalue weighted by molar-refractivity contribution is -0.110. The number of hydrogen-bond acceptors (Lipinski definition) is 5. The van der Waals surface area contributed by atoms with Crippen LogP contribution in [-0.4, -0.2) is 41.1 Å². The third-order valence-electron chi connectivity index (χ3n) is 6.94. The van der Waals surface area contributed by atoms with Crippen LogP contribution in [0, 0.1) is 0 Å². The molecular formula is C29H29N5O2. The molecule has 2 atom stereocenters. The summed E-state index contributed by atoms with van der Waals surface area (Å²) in [5, 5.41) is 7.61. The quantitative estimate of drug-likeness (QED) is 0.296. The maximum Gasteiger partial charge on any atom is 0.256 e. The summed E-state index contributed by atoms with van der Waals surface area (Å²) in [6.07, 6.45) is 10.5. The highest BCUT2D eigenvalue weighted by Gasteiger charge is 2.26. The molecule has 2 aliphatic heterocycles. The van der Waals surface area contributed by atoms with Crippen molar-refractivity contribution in [3.8, 4) is 16.9 Å². The van der Waals surface area contributed by atoms with E-state index < -0.39 is 0 Å². The van der Waals surface area contributed by atoms with E-state index in [-0.39, 0.29) is 18.0 Å². The van der Waals surface area contributed by atoms with Gasteiger partial charge in [0.05, 0.1) is 6.20 Å². The molecule has 1 fully saturated rings. The van der Waals surface area contributed by atoms with Crippen molar-refractivity contribution in [3.05, 3.63) is 84.3 Å². The fraction of sp³-hybridized carbons (Fsp3) is 0.241. The smallest absolute Gasteiger partial charge is 0.256 e. The fourth-order valence-electron chi connectivity index (χ4n) is 5.09. The van der Waals surface area contributed by atoms with Gasteiger partial charge in [0, 0.05) is 57.8 Å². The Hall–Kier alpha value is -3.94. The van der Waals surface area contributed by atoms with Gasteiger partial charge in [-0.05, 0) is 61.2 Å². The van der Waals surface area contributed by atoms with E-state index in [9.17, 15) is 4.79 Å². The van der Waals surface area contributed by atoms with Gasteiger partial charge in [-0.1, -0.05) is 30.3 Å². The zero-order valence-corrected chi connectivity index (χ0v) is 20.0. The zero-order chi connectivity index (χ0) is 24.5. The molecule has 0 spiro atoms. The number of nitrogens with zero attached hydrogens (tertiary/aromatic N) is 1. The van der Waals surface area contributed by atoms with Crippen LogP contribution >= 0.6 is 0 Å². The minimum atomic E-state index is -0.151. The molecule has 1 unspecified atom stereocenters. The number of H-pyrrole nitrogens is 1. The molecule has 4 aromatic rings. The molecule has 7 nitrogen and oxygen atoms in total. The molecule has 4 heterocycles. The van der Waals surface area contributed by atoms with Gasteiger partial charge in [-0.15, -0.1) is 0 Å². The second-order valence-electron chi connectivity index (χ2n) is 9.54. The maximum atomic E-state index is 12.6. The number of nitrogens with one attached hydrogen (secondary N) is 3. The Morgan fingerprint density at radius 3 is 2.94 bits per heavy atom. The number of ether oxygens (including phenoxy) is 1. The average Bonchev–Trinajstić information content (AvgIpc) is 3.63. The summed E-state index contributed by atoms with van der Waals surface area (Å²) in [7, 11) is 0. The number of aromatic nitrogens is 2. The Labute approximate surface area is 209 Å². The number of nitrogens with two attached hydrogens (primary N) is 1. The van der Waals surface area contributed by atoms with Crippen LogP contribution in [0.4, 0.5) is 5.69 Å². The summed E-state index contributed by atoms with van der Waals surface area (Å²) in [4.78, 5) is 20.3. The van der Waals surface area contributed by atoms with Crippen molar-refractivity contribution >= 4 is 28.1 Å². The van der Waals surface area contributed by atoms with E-state index in [1.54, 1.807) is 6.20 Å². The van der Waals surface area contributed by atoms with Crippen LogP contribution in [0.3, 0.4) is 0 Å². The van der Waals surface area contributed by atoms with E-state index in [0.717, 1.165) is 52.9 Å². The SMILES string of the molecule is N[C@@H](COc1cncc(-c2ccc3c(c2)C(=CC2CCCN2)C(=O)N3)c1)Cc1c[nH]c2ccccc12. The highest BCUT2D eigenvalue weighted by molar-refractivity contribution is 6.31. The number of aromatic amines is 1. The van der Waals surface area contributed by atoms with E-state index in [4.69, 9.17) is 10.5 Å². The fourth-order valence-corrected chi connectivity index (χ4v) is 5.09. The summed E-state index contributed by atoms with van der Waals surface area (Å²) in [5.74, 6) is 0.623. The van der Waals surface area contributed by atoms with E-state index >= 15 is 0 Å². The van der Waals surface area contributed by atoms with Crippen molar-refractivity contribution in [1.29, 1.82) is 0 Å². The molecule has 2 aromatic carbocycles. The molecule has 2 aliphatic rings. The largest absolute Gasteiger partial charge is 0.490 e. The van der Waals surface area contributed by atoms with Gasteiger partial charge in [-0.3, -0.25) is 9.78 Å². The third kappa shape index (κ3) is 4.51. The zero-order valence-electron chi connectivity index (χ0n) is 20.0. The summed E-state index contributed by atoms with van der Waals surface area (Å²) in [6, 6.07) is 16.3. The Morgan fingerprint density at radius 2 is 2.06 bits per heavy atom. The van der Waals surface area contributed by atoms with Gasteiger partial charge in [0.1, 0.15) is 12.4 Å². The highest BCUT2D eigenvalue weighted by Crippen LogP contribution is 2.36. The molecule has 1 amide bonds. The number of amides is 1. The summed E-state index contributed by atoms with van der Waals surface area (Å²) < 4.78 is 6.03. The topological polar surface area (TPSA) is 105 Å². The Kier molecular flexibility index (Phi) is 6.01. The average molecular weight is 480 g/mol. The van der Waals surface area contributed by atoms with Gasteiger partial charge in [-0.2, -0.15) is 0 Å². The predicted octanol–water partition coefficient (Wildman–Crippen LogP) is 4.27. The van der Waals surface area contributed by atoms with Crippen molar-refractivity contribution in [2.45, 2.75) is 31.3 Å². The lowest BCUT2D eigenvalue weighted by atomic mass is 9.99. The van der Waals surface area contributed by atoms with E-state index in [1.807, 2.05) is 42.7 Å². The number of carbonyl (C=O) groups is 1. The number of carbonyl (C=O) groups excluding carboxylic acids is 1. The minimum absolute atomic E-state index is 0.0461. The summed E-state index contributed by atoms with van der Waals surface area (Å²) in [5.41, 5.74) is 13.1. The molecule has 1 saturated heterocycles. The van der Waals surface area contributed by atoms with Gasteiger partial charge < -0.3 is 26.1 Å². The molecule has 36 heavy (non-hydrogen) atoms. The van der Waals surface area contributed by atoms with E-state index in [2.05, 4.69) is 44.9 Å². The molecule has 0 radical (unpaired) electrons. The van der Waals surface area contributed by atoms with Crippen molar-refractivity contribution < 1.29 is 9.53 Å². The molecular weight excluding hydrogens is 450 g/mol. The number of anilines is 1.